The molecule has 0 atom stereocenters. The number of carbonyl (C=O) groups excluding carboxylic acids is 1. The third kappa shape index (κ3) is 4.34. The van der Waals surface area contributed by atoms with Crippen LogP contribution < -0.4 is 4.74 Å². The predicted octanol–water partition coefficient (Wildman–Crippen LogP) is 5.64. The average Bonchev–Trinajstić information content (AvgIpc) is 2.75. The van der Waals surface area contributed by atoms with Crippen LogP contribution in [0.15, 0.2) is 73.2 Å². The van der Waals surface area contributed by atoms with Gasteiger partial charge in [-0.25, -0.2) is 4.85 Å². The van der Waals surface area contributed by atoms with Gasteiger partial charge in [0.05, 0.1) is 12.1 Å². The number of fused-ring (bicyclic) bond motifs is 1. The van der Waals surface area contributed by atoms with Gasteiger partial charge in [-0.15, -0.1) is 0 Å². The SMILES string of the molecule is [C-]#[N+]c1cc2c(Oc3ccc(CC(=O)Cc4cccnc4)cc3)ccnc2cc1C. The molecular formula is C25H19N3O2. The van der Waals surface area contributed by atoms with Crippen LogP contribution in [-0.2, 0) is 17.6 Å². The van der Waals surface area contributed by atoms with E-state index in [1.54, 1.807) is 24.7 Å². The molecule has 146 valence electrons. The summed E-state index contributed by atoms with van der Waals surface area (Å²) in [6.45, 7) is 9.23. The number of carbonyl (C=O) groups is 1. The maximum Gasteiger partial charge on any atom is 0.191 e. The van der Waals surface area contributed by atoms with Crippen molar-refractivity contribution in [2.75, 3.05) is 0 Å². The Labute approximate surface area is 174 Å². The van der Waals surface area contributed by atoms with Gasteiger partial charge in [-0.05, 0) is 60.0 Å². The van der Waals surface area contributed by atoms with Crippen LogP contribution in [-0.4, -0.2) is 15.8 Å². The van der Waals surface area contributed by atoms with Gasteiger partial charge in [-0.2, -0.15) is 0 Å². The maximum atomic E-state index is 12.3. The van der Waals surface area contributed by atoms with Gasteiger partial charge in [0.15, 0.2) is 5.69 Å². The Morgan fingerprint density at radius 3 is 2.57 bits per heavy atom. The first-order valence-corrected chi connectivity index (χ1v) is 9.56. The van der Waals surface area contributed by atoms with Gasteiger partial charge in [0, 0.05) is 36.8 Å². The average molecular weight is 393 g/mol. The van der Waals surface area contributed by atoms with Gasteiger partial charge in [-0.3, -0.25) is 14.8 Å². The second-order valence-electron chi connectivity index (χ2n) is 7.08. The monoisotopic (exact) mass is 393 g/mol. The lowest BCUT2D eigenvalue weighted by Gasteiger charge is -2.10. The predicted molar refractivity (Wildman–Crippen MR) is 116 cm³/mol. The molecule has 0 radical (unpaired) electrons. The highest BCUT2D eigenvalue weighted by Crippen LogP contribution is 2.33. The van der Waals surface area contributed by atoms with Gasteiger partial charge in [0.25, 0.3) is 0 Å². The Bertz CT molecular complexity index is 1240. The van der Waals surface area contributed by atoms with Gasteiger partial charge < -0.3 is 4.74 Å². The summed E-state index contributed by atoms with van der Waals surface area (Å²) < 4.78 is 6.05. The van der Waals surface area contributed by atoms with Crippen LogP contribution in [0.1, 0.15) is 16.7 Å². The first kappa shape index (κ1) is 19.3. The van der Waals surface area contributed by atoms with Crippen molar-refractivity contribution in [3.63, 3.8) is 0 Å². The van der Waals surface area contributed by atoms with E-state index in [0.29, 0.717) is 30.0 Å². The van der Waals surface area contributed by atoms with Gasteiger partial charge in [0.1, 0.15) is 17.3 Å². The third-order valence-electron chi connectivity index (χ3n) is 4.82. The Morgan fingerprint density at radius 1 is 1.03 bits per heavy atom. The van der Waals surface area contributed by atoms with Crippen molar-refractivity contribution in [3.8, 4) is 11.5 Å². The van der Waals surface area contributed by atoms with Crippen LogP contribution in [0.2, 0.25) is 0 Å². The van der Waals surface area contributed by atoms with E-state index in [4.69, 9.17) is 11.3 Å². The second kappa shape index (κ2) is 8.54. The van der Waals surface area contributed by atoms with Gasteiger partial charge in [-0.1, -0.05) is 18.2 Å². The first-order chi connectivity index (χ1) is 14.6. The van der Waals surface area contributed by atoms with Crippen molar-refractivity contribution in [2.24, 2.45) is 0 Å². The molecule has 2 aromatic heterocycles. The molecule has 4 aromatic rings. The number of pyridine rings is 2. The maximum absolute atomic E-state index is 12.3. The minimum absolute atomic E-state index is 0.138. The Hall–Kier alpha value is -4.04. The number of hydrogen-bond donors (Lipinski definition) is 0. The van der Waals surface area contributed by atoms with Crippen molar-refractivity contribution in [2.45, 2.75) is 19.8 Å². The summed E-state index contributed by atoms with van der Waals surface area (Å²) in [6.07, 6.45) is 5.84. The van der Waals surface area contributed by atoms with E-state index >= 15 is 0 Å². The van der Waals surface area contributed by atoms with Crippen molar-refractivity contribution in [3.05, 3.63) is 101 Å². The molecule has 0 amide bonds. The molecule has 2 heterocycles. The zero-order valence-electron chi connectivity index (χ0n) is 16.5. The summed E-state index contributed by atoms with van der Waals surface area (Å²) in [6, 6.07) is 16.7. The summed E-state index contributed by atoms with van der Waals surface area (Å²) in [4.78, 5) is 24.3. The van der Waals surface area contributed by atoms with Crippen LogP contribution in [0.5, 0.6) is 11.5 Å². The molecular weight excluding hydrogens is 374 g/mol. The highest BCUT2D eigenvalue weighted by Gasteiger charge is 2.09. The molecule has 0 aliphatic rings. The van der Waals surface area contributed by atoms with E-state index in [9.17, 15) is 4.79 Å². The largest absolute Gasteiger partial charge is 0.457 e. The Kier molecular flexibility index (Phi) is 5.49. The number of Topliss-reactive ketones (excluding diaryl/α,β-unsaturated/α-hetero) is 1. The van der Waals surface area contributed by atoms with Crippen molar-refractivity contribution < 1.29 is 9.53 Å². The molecule has 5 nitrogen and oxygen atoms in total. The number of aryl methyl sites for hydroxylation is 1. The van der Waals surface area contributed by atoms with Crippen LogP contribution >= 0.6 is 0 Å². The molecule has 5 heteroatoms. The normalized spacial score (nSPS) is 10.5. The van der Waals surface area contributed by atoms with Crippen LogP contribution in [0.3, 0.4) is 0 Å². The fourth-order valence-corrected chi connectivity index (χ4v) is 3.29. The van der Waals surface area contributed by atoms with Crippen LogP contribution in [0.25, 0.3) is 15.7 Å². The van der Waals surface area contributed by atoms with Crippen molar-refractivity contribution >= 4 is 22.4 Å². The fourth-order valence-electron chi connectivity index (χ4n) is 3.29. The minimum Gasteiger partial charge on any atom is -0.457 e. The van der Waals surface area contributed by atoms with Crippen molar-refractivity contribution in [1.82, 2.24) is 9.97 Å². The molecule has 0 fully saturated rings. The quantitative estimate of drug-likeness (QED) is 0.398. The smallest absolute Gasteiger partial charge is 0.191 e. The third-order valence-corrected chi connectivity index (χ3v) is 4.82. The van der Waals surface area contributed by atoms with E-state index in [0.717, 1.165) is 27.6 Å². The van der Waals surface area contributed by atoms with E-state index in [2.05, 4.69) is 14.8 Å². The molecule has 0 unspecified atom stereocenters. The minimum atomic E-state index is 0.138. The standard InChI is InChI=1S/C25H19N3O2/c1-17-12-24-22(15-23(17)26-2)25(9-11-28-24)30-21-7-5-18(6-8-21)13-20(29)14-19-4-3-10-27-16-19/h3-12,15-16H,13-14H2,1H3. The number of ketones is 1. The number of aromatic nitrogens is 2. The zero-order valence-corrected chi connectivity index (χ0v) is 16.5. The fraction of sp³-hybridized carbons (Fsp3) is 0.120. The summed E-state index contributed by atoms with van der Waals surface area (Å²) in [5.41, 5.74) is 4.11. The molecule has 0 spiro atoms. The molecule has 0 saturated carbocycles. The summed E-state index contributed by atoms with van der Waals surface area (Å²) in [5.74, 6) is 1.44. The summed E-state index contributed by atoms with van der Waals surface area (Å²) in [5, 5.41) is 0.796. The van der Waals surface area contributed by atoms with E-state index < -0.39 is 0 Å². The lowest BCUT2D eigenvalue weighted by Crippen LogP contribution is -2.06. The lowest BCUT2D eigenvalue weighted by molar-refractivity contribution is -0.117. The highest BCUT2D eigenvalue weighted by molar-refractivity contribution is 5.89. The van der Waals surface area contributed by atoms with Crippen LogP contribution in [0, 0.1) is 13.5 Å². The summed E-state index contributed by atoms with van der Waals surface area (Å²) >= 11 is 0. The van der Waals surface area contributed by atoms with E-state index in [-0.39, 0.29) is 5.78 Å². The molecule has 0 N–H and O–H groups in total. The second-order valence-corrected chi connectivity index (χ2v) is 7.08. The molecule has 0 bridgehead atoms. The lowest BCUT2D eigenvalue weighted by atomic mass is 10.0. The van der Waals surface area contributed by atoms with Gasteiger partial charge in [0.2, 0.25) is 0 Å². The molecule has 2 aromatic carbocycles. The summed E-state index contributed by atoms with van der Waals surface area (Å²) in [7, 11) is 0. The number of rotatable bonds is 6. The number of nitrogens with zero attached hydrogens (tertiary/aromatic N) is 3. The van der Waals surface area contributed by atoms with E-state index in [1.165, 1.54) is 0 Å². The number of ether oxygens (including phenoxy) is 1. The van der Waals surface area contributed by atoms with Crippen molar-refractivity contribution in [1.29, 1.82) is 0 Å². The Balaban J connectivity index is 1.49. The molecule has 0 saturated heterocycles. The highest BCUT2D eigenvalue weighted by atomic mass is 16.5. The zero-order chi connectivity index (χ0) is 20.9. The first-order valence-electron chi connectivity index (χ1n) is 9.56. The van der Waals surface area contributed by atoms with E-state index in [1.807, 2.05) is 55.5 Å². The van der Waals surface area contributed by atoms with Gasteiger partial charge >= 0.3 is 0 Å². The van der Waals surface area contributed by atoms with Crippen LogP contribution in [0.4, 0.5) is 5.69 Å². The number of benzene rings is 2. The molecule has 30 heavy (non-hydrogen) atoms. The molecule has 0 aliphatic carbocycles. The topological polar surface area (TPSA) is 56.4 Å². The number of hydrogen-bond acceptors (Lipinski definition) is 4. The molecule has 4 rings (SSSR count). The molecule has 0 aliphatic heterocycles. The Morgan fingerprint density at radius 2 is 1.83 bits per heavy atom.